The second-order valence-corrected chi connectivity index (χ2v) is 6.68. The van der Waals surface area contributed by atoms with Gasteiger partial charge in [0.25, 0.3) is 5.91 Å². The summed E-state index contributed by atoms with van der Waals surface area (Å²) in [6, 6.07) is 6.81. The molecule has 1 fully saturated rings. The highest BCUT2D eigenvalue weighted by molar-refractivity contribution is 6.07. The van der Waals surface area contributed by atoms with E-state index in [2.05, 4.69) is 5.32 Å². The van der Waals surface area contributed by atoms with Crippen molar-refractivity contribution in [3.63, 3.8) is 0 Å². The summed E-state index contributed by atoms with van der Waals surface area (Å²) in [4.78, 5) is 39.3. The maximum absolute atomic E-state index is 12.9. The van der Waals surface area contributed by atoms with E-state index in [9.17, 15) is 14.4 Å². The lowest BCUT2D eigenvalue weighted by atomic mass is 10.1. The quantitative estimate of drug-likeness (QED) is 0.715. The van der Waals surface area contributed by atoms with Crippen molar-refractivity contribution in [3.05, 3.63) is 65.5 Å². The van der Waals surface area contributed by atoms with Gasteiger partial charge in [0.05, 0.1) is 37.1 Å². The van der Waals surface area contributed by atoms with Crippen molar-refractivity contribution in [3.8, 4) is 0 Å². The van der Waals surface area contributed by atoms with Crippen molar-refractivity contribution in [1.82, 2.24) is 5.32 Å². The average Bonchev–Trinajstić information content (AvgIpc) is 3.20. The van der Waals surface area contributed by atoms with Gasteiger partial charge >= 0.3 is 11.9 Å². The number of carbonyl (C=O) groups excluding carboxylic acids is 3. The monoisotopic (exact) mass is 412 g/mol. The number of hydrogen-bond acceptors (Lipinski definition) is 7. The summed E-state index contributed by atoms with van der Waals surface area (Å²) < 4.78 is 15.3. The van der Waals surface area contributed by atoms with Crippen LogP contribution in [0.5, 0.6) is 0 Å². The number of ether oxygens (including phenoxy) is 3. The van der Waals surface area contributed by atoms with Crippen LogP contribution in [-0.4, -0.2) is 51.3 Å². The Balaban J connectivity index is 1.99. The summed E-state index contributed by atoms with van der Waals surface area (Å²) in [5.41, 5.74) is 0.731. The van der Waals surface area contributed by atoms with Gasteiger partial charge in [0, 0.05) is 19.4 Å². The lowest BCUT2D eigenvalue weighted by molar-refractivity contribution is -0.139. The molecule has 0 spiro atoms. The smallest absolute Gasteiger partial charge is 0.355 e. The third kappa shape index (κ3) is 4.60. The van der Waals surface area contributed by atoms with E-state index in [1.165, 1.54) is 25.2 Å². The van der Waals surface area contributed by atoms with Crippen molar-refractivity contribution in [2.75, 3.05) is 32.3 Å². The summed E-state index contributed by atoms with van der Waals surface area (Å²) >= 11 is 0. The largest absolute Gasteiger partial charge is 0.465 e. The van der Waals surface area contributed by atoms with Crippen LogP contribution in [0.1, 0.15) is 23.2 Å². The van der Waals surface area contributed by atoms with Crippen LogP contribution in [0, 0.1) is 0 Å². The molecule has 0 saturated carbocycles. The lowest BCUT2D eigenvalue weighted by Gasteiger charge is -2.25. The number of anilines is 1. The summed E-state index contributed by atoms with van der Waals surface area (Å²) in [5.74, 6) is -1.74. The highest BCUT2D eigenvalue weighted by atomic mass is 16.5. The maximum atomic E-state index is 12.9. The van der Waals surface area contributed by atoms with E-state index >= 15 is 0 Å². The minimum atomic E-state index is -0.735. The Morgan fingerprint density at radius 2 is 1.90 bits per heavy atom. The van der Waals surface area contributed by atoms with Crippen LogP contribution >= 0.6 is 0 Å². The van der Waals surface area contributed by atoms with Crippen LogP contribution in [0.3, 0.4) is 0 Å². The van der Waals surface area contributed by atoms with Crippen LogP contribution in [0.4, 0.5) is 5.69 Å². The molecule has 1 aromatic rings. The number of nitrogens with one attached hydrogen (secondary N) is 1. The predicted octanol–water partition coefficient (Wildman–Crippen LogP) is 2.09. The number of para-hydroxylation sites is 1. The minimum absolute atomic E-state index is 0.000141. The molecule has 30 heavy (non-hydrogen) atoms. The van der Waals surface area contributed by atoms with Crippen molar-refractivity contribution in [2.45, 2.75) is 18.9 Å². The van der Waals surface area contributed by atoms with Gasteiger partial charge in [-0.1, -0.05) is 18.2 Å². The zero-order chi connectivity index (χ0) is 21.5. The Morgan fingerprint density at radius 1 is 1.13 bits per heavy atom. The van der Waals surface area contributed by atoms with Crippen molar-refractivity contribution < 1.29 is 28.6 Å². The fourth-order valence-electron chi connectivity index (χ4n) is 3.33. The molecule has 1 N–H and O–H groups in total. The van der Waals surface area contributed by atoms with Gasteiger partial charge in [0.15, 0.2) is 0 Å². The Morgan fingerprint density at radius 3 is 2.60 bits per heavy atom. The number of rotatable bonds is 6. The highest BCUT2D eigenvalue weighted by Crippen LogP contribution is 2.29. The van der Waals surface area contributed by atoms with Crippen LogP contribution in [0.15, 0.2) is 60.0 Å². The molecule has 1 atom stereocenters. The molecule has 2 heterocycles. The number of allylic oxidation sites excluding steroid dienone is 2. The topological polar surface area (TPSA) is 94.2 Å². The van der Waals surface area contributed by atoms with Crippen LogP contribution in [-0.2, 0) is 23.8 Å². The first-order chi connectivity index (χ1) is 14.6. The highest BCUT2D eigenvalue weighted by Gasteiger charge is 2.29. The molecule has 2 aliphatic heterocycles. The van der Waals surface area contributed by atoms with Crippen LogP contribution in [0.25, 0.3) is 0 Å². The van der Waals surface area contributed by atoms with Gasteiger partial charge in [-0.15, -0.1) is 0 Å². The SMILES string of the molecule is COC(=O)C1=C(C(=O)OC)N(c2ccccc2C(=O)NCC2CCCO2)C=CC=C1. The summed E-state index contributed by atoms with van der Waals surface area (Å²) in [7, 11) is 2.45. The number of hydrogen-bond donors (Lipinski definition) is 1. The predicted molar refractivity (Wildman–Crippen MR) is 110 cm³/mol. The molecule has 1 saturated heterocycles. The second-order valence-electron chi connectivity index (χ2n) is 6.68. The molecular formula is C22H24N2O6. The molecule has 8 nitrogen and oxygen atoms in total. The fourth-order valence-corrected chi connectivity index (χ4v) is 3.33. The van der Waals surface area contributed by atoms with E-state index in [-0.39, 0.29) is 23.3 Å². The number of amides is 1. The Bertz CT molecular complexity index is 912. The number of nitrogens with zero attached hydrogens (tertiary/aromatic N) is 1. The van der Waals surface area contributed by atoms with E-state index in [1.807, 2.05) is 0 Å². The van der Waals surface area contributed by atoms with Gasteiger partial charge in [-0.25, -0.2) is 9.59 Å². The molecule has 158 valence electrons. The van der Waals surface area contributed by atoms with Crippen molar-refractivity contribution >= 4 is 23.5 Å². The van der Waals surface area contributed by atoms with Crippen molar-refractivity contribution in [1.29, 1.82) is 0 Å². The molecule has 0 aromatic heterocycles. The van der Waals surface area contributed by atoms with Gasteiger partial charge in [0.2, 0.25) is 0 Å². The van der Waals surface area contributed by atoms with E-state index in [0.29, 0.717) is 24.4 Å². The average molecular weight is 412 g/mol. The third-order valence-electron chi connectivity index (χ3n) is 4.81. The van der Waals surface area contributed by atoms with E-state index in [0.717, 1.165) is 12.8 Å². The molecular weight excluding hydrogens is 388 g/mol. The molecule has 8 heteroatoms. The van der Waals surface area contributed by atoms with Crippen LogP contribution < -0.4 is 10.2 Å². The fraction of sp³-hybridized carbons (Fsp3) is 0.318. The number of carbonyl (C=O) groups is 3. The zero-order valence-corrected chi connectivity index (χ0v) is 16.9. The lowest BCUT2D eigenvalue weighted by Crippen LogP contribution is -2.33. The van der Waals surface area contributed by atoms with Crippen LogP contribution in [0.2, 0.25) is 0 Å². The van der Waals surface area contributed by atoms with Crippen molar-refractivity contribution in [2.24, 2.45) is 0 Å². The van der Waals surface area contributed by atoms with E-state index in [4.69, 9.17) is 14.2 Å². The third-order valence-corrected chi connectivity index (χ3v) is 4.81. The van der Waals surface area contributed by atoms with E-state index < -0.39 is 11.9 Å². The van der Waals surface area contributed by atoms with Gasteiger partial charge < -0.3 is 24.4 Å². The first-order valence-corrected chi connectivity index (χ1v) is 9.60. The van der Waals surface area contributed by atoms with Gasteiger partial charge in [-0.3, -0.25) is 4.79 Å². The minimum Gasteiger partial charge on any atom is -0.465 e. The maximum Gasteiger partial charge on any atom is 0.355 e. The number of benzene rings is 1. The summed E-state index contributed by atoms with van der Waals surface area (Å²) in [6.07, 6.45) is 8.20. The molecule has 0 aliphatic carbocycles. The Kier molecular flexibility index (Phi) is 7.03. The molecule has 0 radical (unpaired) electrons. The first kappa shape index (κ1) is 21.3. The first-order valence-electron chi connectivity index (χ1n) is 9.60. The zero-order valence-electron chi connectivity index (χ0n) is 16.9. The molecule has 1 aromatic carbocycles. The normalized spacial score (nSPS) is 18.2. The molecule has 2 aliphatic rings. The molecule has 0 bridgehead atoms. The second kappa shape index (κ2) is 9.89. The number of methoxy groups -OCH3 is 2. The molecule has 1 amide bonds. The molecule has 1 unspecified atom stereocenters. The number of esters is 2. The standard InChI is InChI=1S/C22H24N2O6/c1-28-21(26)17-10-5-6-12-24(19(17)22(27)29-2)18-11-4-3-9-16(18)20(25)23-14-15-8-7-13-30-15/h3-6,9-12,15H,7-8,13-14H2,1-2H3,(H,23,25). The van der Waals surface area contributed by atoms with Gasteiger partial charge in [-0.05, 0) is 37.1 Å². The Hall–Kier alpha value is -3.39. The summed E-state index contributed by atoms with van der Waals surface area (Å²) in [5, 5.41) is 2.89. The molecule has 3 rings (SSSR count). The Labute approximate surface area is 174 Å². The van der Waals surface area contributed by atoms with Gasteiger partial charge in [0.1, 0.15) is 5.70 Å². The summed E-state index contributed by atoms with van der Waals surface area (Å²) in [6.45, 7) is 1.10. The van der Waals surface area contributed by atoms with Gasteiger partial charge in [-0.2, -0.15) is 0 Å². The van der Waals surface area contributed by atoms with E-state index in [1.54, 1.807) is 42.6 Å².